The lowest BCUT2D eigenvalue weighted by atomic mass is 9.99. The summed E-state index contributed by atoms with van der Waals surface area (Å²) in [5.74, 6) is -1.08. The first-order valence-electron chi connectivity index (χ1n) is 7.73. The van der Waals surface area contributed by atoms with Crippen molar-refractivity contribution in [1.82, 2.24) is 0 Å². The number of halogens is 3. The molecule has 1 heterocycles. The molecule has 0 aromatic heterocycles. The lowest BCUT2D eigenvalue weighted by Gasteiger charge is -2.17. The molecule has 1 aromatic rings. The number of aliphatic hydroxyl groups is 2. The number of aliphatic hydroxyl groups excluding tert-OH is 2. The molecule has 4 nitrogen and oxygen atoms in total. The van der Waals surface area contributed by atoms with E-state index in [0.29, 0.717) is 22.0 Å². The standard InChI is InChI=1S/C17H19Cl2FO4/c1-2-3-4-9-5-10(18)6-12(19)11(9)7-14-17(23)16(20)13(21)8-15(22)24-14/h5-7,13,16-17,21,23H,2-4,8H2,1H3/t13-,16+,17+/m0/s1. The zero-order valence-electron chi connectivity index (χ0n) is 13.1. The molecule has 3 atom stereocenters. The minimum Gasteiger partial charge on any atom is -0.428 e. The second-order valence-corrected chi connectivity index (χ2v) is 6.59. The first kappa shape index (κ1) is 19.2. The smallest absolute Gasteiger partial charge is 0.313 e. The van der Waals surface area contributed by atoms with E-state index in [9.17, 15) is 19.4 Å². The first-order valence-corrected chi connectivity index (χ1v) is 8.49. The van der Waals surface area contributed by atoms with Crippen molar-refractivity contribution in [2.75, 3.05) is 0 Å². The predicted octanol–water partition coefficient (Wildman–Crippen LogP) is 3.68. The van der Waals surface area contributed by atoms with Crippen LogP contribution in [0.2, 0.25) is 10.0 Å². The van der Waals surface area contributed by atoms with Crippen LogP contribution in [0.5, 0.6) is 0 Å². The van der Waals surface area contributed by atoms with Crippen LogP contribution in [0, 0.1) is 0 Å². The van der Waals surface area contributed by atoms with Gasteiger partial charge in [0.25, 0.3) is 0 Å². The Kier molecular flexibility index (Phi) is 6.63. The molecule has 0 radical (unpaired) electrons. The highest BCUT2D eigenvalue weighted by atomic mass is 35.5. The average molecular weight is 377 g/mol. The average Bonchev–Trinajstić information content (AvgIpc) is 2.60. The Morgan fingerprint density at radius 1 is 1.38 bits per heavy atom. The molecule has 1 aliphatic heterocycles. The van der Waals surface area contributed by atoms with E-state index in [0.717, 1.165) is 18.4 Å². The van der Waals surface area contributed by atoms with Gasteiger partial charge in [-0.25, -0.2) is 4.39 Å². The maximum absolute atomic E-state index is 14.0. The summed E-state index contributed by atoms with van der Waals surface area (Å²) in [6.07, 6.45) is -2.04. The molecule has 1 fully saturated rings. The van der Waals surface area contributed by atoms with Gasteiger partial charge in [0.1, 0.15) is 11.9 Å². The molecule has 1 aliphatic rings. The summed E-state index contributed by atoms with van der Waals surface area (Å²) in [4.78, 5) is 11.6. The number of rotatable bonds is 4. The number of cyclic esters (lactones) is 1. The van der Waals surface area contributed by atoms with Gasteiger partial charge in [-0.15, -0.1) is 0 Å². The van der Waals surface area contributed by atoms with E-state index in [1.807, 2.05) is 6.92 Å². The van der Waals surface area contributed by atoms with Gasteiger partial charge in [0.2, 0.25) is 0 Å². The van der Waals surface area contributed by atoms with E-state index < -0.39 is 30.8 Å². The lowest BCUT2D eigenvalue weighted by Crippen LogP contribution is -2.33. The number of esters is 1. The molecule has 0 bridgehead atoms. The molecule has 0 saturated carbocycles. The topological polar surface area (TPSA) is 66.8 Å². The third-order valence-corrected chi connectivity index (χ3v) is 4.37. The summed E-state index contributed by atoms with van der Waals surface area (Å²) in [7, 11) is 0. The molecular weight excluding hydrogens is 358 g/mol. The minimum atomic E-state index is -2.02. The molecule has 0 unspecified atom stereocenters. The maximum atomic E-state index is 14.0. The minimum absolute atomic E-state index is 0.272. The Morgan fingerprint density at radius 3 is 2.75 bits per heavy atom. The van der Waals surface area contributed by atoms with Crippen molar-refractivity contribution in [1.29, 1.82) is 0 Å². The molecule has 2 rings (SSSR count). The van der Waals surface area contributed by atoms with Crippen LogP contribution in [-0.4, -0.2) is 34.6 Å². The molecule has 1 aromatic carbocycles. The van der Waals surface area contributed by atoms with Crippen LogP contribution in [-0.2, 0) is 16.0 Å². The van der Waals surface area contributed by atoms with Gasteiger partial charge in [-0.1, -0.05) is 36.5 Å². The van der Waals surface area contributed by atoms with Crippen molar-refractivity contribution in [2.24, 2.45) is 0 Å². The summed E-state index contributed by atoms with van der Waals surface area (Å²) >= 11 is 12.3. The number of carbonyl (C=O) groups is 1. The van der Waals surface area contributed by atoms with Gasteiger partial charge in [-0.3, -0.25) is 4.79 Å². The van der Waals surface area contributed by atoms with Crippen molar-refractivity contribution in [3.63, 3.8) is 0 Å². The number of carbonyl (C=O) groups excluding carboxylic acids is 1. The molecule has 0 amide bonds. The molecule has 132 valence electrons. The maximum Gasteiger partial charge on any atom is 0.313 e. The van der Waals surface area contributed by atoms with Crippen molar-refractivity contribution in [3.05, 3.63) is 39.1 Å². The number of aryl methyl sites for hydroxylation is 1. The quantitative estimate of drug-likeness (QED) is 0.786. The van der Waals surface area contributed by atoms with Crippen LogP contribution in [0.1, 0.15) is 37.3 Å². The third kappa shape index (κ3) is 4.48. The second kappa shape index (κ2) is 8.30. The Bertz CT molecular complexity index is 648. The number of unbranched alkanes of at least 4 members (excludes halogenated alkanes) is 1. The Balaban J connectivity index is 2.46. The number of hydrogen-bond donors (Lipinski definition) is 2. The Labute approximate surface area is 149 Å². The Hall–Kier alpha value is -1.14. The van der Waals surface area contributed by atoms with Crippen LogP contribution in [0.15, 0.2) is 17.9 Å². The van der Waals surface area contributed by atoms with Crippen LogP contribution in [0.4, 0.5) is 4.39 Å². The number of alkyl halides is 1. The van der Waals surface area contributed by atoms with Crippen LogP contribution < -0.4 is 0 Å². The molecule has 1 saturated heterocycles. The van der Waals surface area contributed by atoms with Gasteiger partial charge < -0.3 is 14.9 Å². The van der Waals surface area contributed by atoms with E-state index in [1.165, 1.54) is 12.1 Å². The van der Waals surface area contributed by atoms with Gasteiger partial charge >= 0.3 is 5.97 Å². The van der Waals surface area contributed by atoms with Crippen LogP contribution in [0.25, 0.3) is 6.08 Å². The fourth-order valence-electron chi connectivity index (χ4n) is 2.52. The summed E-state index contributed by atoms with van der Waals surface area (Å²) in [6, 6.07) is 3.26. The summed E-state index contributed by atoms with van der Waals surface area (Å²) in [5.41, 5.74) is 1.32. The highest BCUT2D eigenvalue weighted by Gasteiger charge is 2.37. The van der Waals surface area contributed by atoms with Gasteiger partial charge in [0.15, 0.2) is 6.17 Å². The Morgan fingerprint density at radius 2 is 2.08 bits per heavy atom. The molecule has 2 N–H and O–H groups in total. The molecule has 0 spiro atoms. The van der Waals surface area contributed by atoms with Gasteiger partial charge in [-0.2, -0.15) is 0 Å². The summed E-state index contributed by atoms with van der Waals surface area (Å²) in [6.45, 7) is 2.04. The lowest BCUT2D eigenvalue weighted by molar-refractivity contribution is -0.140. The third-order valence-electron chi connectivity index (χ3n) is 3.83. The van der Waals surface area contributed by atoms with E-state index in [-0.39, 0.29) is 5.76 Å². The van der Waals surface area contributed by atoms with E-state index >= 15 is 0 Å². The fourth-order valence-corrected chi connectivity index (χ4v) is 3.11. The van der Waals surface area contributed by atoms with Gasteiger partial charge in [0, 0.05) is 10.0 Å². The number of ether oxygens (including phenoxy) is 1. The molecular formula is C17H19Cl2FO4. The van der Waals surface area contributed by atoms with Crippen molar-refractivity contribution in [3.8, 4) is 0 Å². The SMILES string of the molecule is CCCCc1cc(Cl)cc(Cl)c1C=C1OC(=O)C[C@H](O)[C@@H](F)[C@@H]1O. The summed E-state index contributed by atoms with van der Waals surface area (Å²) < 4.78 is 19.0. The van der Waals surface area contributed by atoms with Gasteiger partial charge in [0.05, 0.1) is 12.5 Å². The van der Waals surface area contributed by atoms with Crippen LogP contribution in [0.3, 0.4) is 0 Å². The number of hydrogen-bond acceptors (Lipinski definition) is 4. The fraction of sp³-hybridized carbons (Fsp3) is 0.471. The first-order chi connectivity index (χ1) is 11.3. The normalized spacial score (nSPS) is 26.3. The molecule has 7 heteroatoms. The van der Waals surface area contributed by atoms with E-state index in [1.54, 1.807) is 6.07 Å². The summed E-state index contributed by atoms with van der Waals surface area (Å²) in [5, 5.41) is 20.3. The van der Waals surface area contributed by atoms with Crippen molar-refractivity contribution in [2.45, 2.75) is 51.0 Å². The highest BCUT2D eigenvalue weighted by molar-refractivity contribution is 6.35. The second-order valence-electron chi connectivity index (χ2n) is 5.75. The van der Waals surface area contributed by atoms with Crippen molar-refractivity contribution >= 4 is 35.2 Å². The van der Waals surface area contributed by atoms with E-state index in [4.69, 9.17) is 27.9 Å². The predicted molar refractivity (Wildman–Crippen MR) is 90.7 cm³/mol. The van der Waals surface area contributed by atoms with Crippen molar-refractivity contribution < 1.29 is 24.1 Å². The number of benzene rings is 1. The molecule has 24 heavy (non-hydrogen) atoms. The largest absolute Gasteiger partial charge is 0.428 e. The monoisotopic (exact) mass is 376 g/mol. The highest BCUT2D eigenvalue weighted by Crippen LogP contribution is 2.31. The zero-order chi connectivity index (χ0) is 17.9. The zero-order valence-corrected chi connectivity index (χ0v) is 14.6. The van der Waals surface area contributed by atoms with Gasteiger partial charge in [-0.05, 0) is 42.2 Å². The molecule has 0 aliphatic carbocycles. The van der Waals surface area contributed by atoms with Crippen LogP contribution >= 0.6 is 23.2 Å². The van der Waals surface area contributed by atoms with E-state index in [2.05, 4.69) is 0 Å².